The average molecular weight is 294 g/mol. The summed E-state index contributed by atoms with van der Waals surface area (Å²) in [4.78, 5) is 1.35. The van der Waals surface area contributed by atoms with Crippen molar-refractivity contribution in [2.24, 2.45) is 0 Å². The minimum atomic E-state index is 0.474. The molecule has 1 aromatic heterocycles. The Morgan fingerprint density at radius 3 is 2.42 bits per heavy atom. The van der Waals surface area contributed by atoms with E-state index in [0.29, 0.717) is 6.04 Å². The molecule has 0 aliphatic carbocycles. The van der Waals surface area contributed by atoms with Crippen LogP contribution in [0.4, 0.5) is 0 Å². The molecular formula is C16H20ClNS. The molecule has 3 heteroatoms. The summed E-state index contributed by atoms with van der Waals surface area (Å²) in [6, 6.07) is 13.4. The third kappa shape index (κ3) is 4.64. The largest absolute Gasteiger partial charge is 0.314 e. The molecule has 0 spiro atoms. The Balaban J connectivity index is 2.01. The highest BCUT2D eigenvalue weighted by atomic mass is 35.5. The molecule has 102 valence electrons. The third-order valence-electron chi connectivity index (χ3n) is 3.17. The van der Waals surface area contributed by atoms with Crippen LogP contribution in [0.2, 0.25) is 4.34 Å². The van der Waals surface area contributed by atoms with Gasteiger partial charge in [0.15, 0.2) is 0 Å². The van der Waals surface area contributed by atoms with Crippen LogP contribution in [-0.2, 0) is 12.8 Å². The Hall–Kier alpha value is -0.830. The van der Waals surface area contributed by atoms with Gasteiger partial charge < -0.3 is 5.32 Å². The van der Waals surface area contributed by atoms with Gasteiger partial charge in [-0.25, -0.2) is 0 Å². The Morgan fingerprint density at radius 2 is 1.84 bits per heavy atom. The lowest BCUT2D eigenvalue weighted by Crippen LogP contribution is -2.32. The van der Waals surface area contributed by atoms with E-state index in [2.05, 4.69) is 49.5 Å². The number of hydrogen-bond donors (Lipinski definition) is 1. The predicted molar refractivity (Wildman–Crippen MR) is 85.4 cm³/mol. The van der Waals surface area contributed by atoms with E-state index in [1.807, 2.05) is 6.07 Å². The molecule has 1 atom stereocenters. The Bertz CT molecular complexity index is 504. The van der Waals surface area contributed by atoms with Gasteiger partial charge >= 0.3 is 0 Å². The molecule has 0 saturated heterocycles. The number of thiophene rings is 1. The number of benzene rings is 1. The zero-order chi connectivity index (χ0) is 13.7. The van der Waals surface area contributed by atoms with Gasteiger partial charge in [0.1, 0.15) is 0 Å². The Labute approximate surface area is 124 Å². The van der Waals surface area contributed by atoms with Crippen LogP contribution in [0.1, 0.15) is 22.9 Å². The molecule has 0 fully saturated rings. The lowest BCUT2D eigenvalue weighted by atomic mass is 10.0. The molecule has 1 heterocycles. The molecule has 0 bridgehead atoms. The summed E-state index contributed by atoms with van der Waals surface area (Å²) in [5.41, 5.74) is 2.70. The van der Waals surface area contributed by atoms with Gasteiger partial charge in [0.25, 0.3) is 0 Å². The minimum absolute atomic E-state index is 0.474. The van der Waals surface area contributed by atoms with Crippen LogP contribution in [0.15, 0.2) is 36.4 Å². The van der Waals surface area contributed by atoms with Crippen molar-refractivity contribution in [2.45, 2.75) is 32.7 Å². The second-order valence-electron chi connectivity index (χ2n) is 4.85. The topological polar surface area (TPSA) is 12.0 Å². The van der Waals surface area contributed by atoms with Crippen LogP contribution in [0.3, 0.4) is 0 Å². The minimum Gasteiger partial charge on any atom is -0.314 e. The van der Waals surface area contributed by atoms with Gasteiger partial charge in [0.2, 0.25) is 0 Å². The molecule has 2 aromatic rings. The Kier molecular flexibility index (Phi) is 5.44. The van der Waals surface area contributed by atoms with Crippen LogP contribution >= 0.6 is 22.9 Å². The fourth-order valence-electron chi connectivity index (χ4n) is 2.22. The first kappa shape index (κ1) is 14.6. The molecule has 0 radical (unpaired) electrons. The van der Waals surface area contributed by atoms with E-state index in [0.717, 1.165) is 23.7 Å². The van der Waals surface area contributed by atoms with E-state index in [1.54, 1.807) is 11.3 Å². The van der Waals surface area contributed by atoms with Crippen molar-refractivity contribution in [1.82, 2.24) is 5.32 Å². The van der Waals surface area contributed by atoms with Gasteiger partial charge in [-0.05, 0) is 44.0 Å². The fourth-order valence-corrected chi connectivity index (χ4v) is 3.39. The maximum atomic E-state index is 6.00. The molecule has 0 aliphatic heterocycles. The van der Waals surface area contributed by atoms with Crippen molar-refractivity contribution in [3.8, 4) is 0 Å². The second kappa shape index (κ2) is 7.09. The molecule has 19 heavy (non-hydrogen) atoms. The zero-order valence-electron chi connectivity index (χ0n) is 11.4. The summed E-state index contributed by atoms with van der Waals surface area (Å²) < 4.78 is 0.876. The van der Waals surface area contributed by atoms with E-state index in [9.17, 15) is 0 Å². The highest BCUT2D eigenvalue weighted by Gasteiger charge is 2.11. The van der Waals surface area contributed by atoms with Crippen molar-refractivity contribution < 1.29 is 0 Å². The molecule has 2 rings (SSSR count). The first-order valence-corrected chi connectivity index (χ1v) is 7.90. The van der Waals surface area contributed by atoms with Crippen LogP contribution in [-0.4, -0.2) is 12.6 Å². The van der Waals surface area contributed by atoms with E-state index >= 15 is 0 Å². The van der Waals surface area contributed by atoms with Gasteiger partial charge in [-0.3, -0.25) is 0 Å². The van der Waals surface area contributed by atoms with Crippen LogP contribution in [0.25, 0.3) is 0 Å². The highest BCUT2D eigenvalue weighted by Crippen LogP contribution is 2.23. The second-order valence-corrected chi connectivity index (χ2v) is 6.65. The summed E-state index contributed by atoms with van der Waals surface area (Å²) in [5.74, 6) is 0. The molecule has 1 N–H and O–H groups in total. The molecule has 0 amide bonds. The summed E-state index contributed by atoms with van der Waals surface area (Å²) in [6.07, 6.45) is 2.10. The number of likely N-dealkylation sites (N-methyl/N-ethyl adjacent to an activating group) is 1. The van der Waals surface area contributed by atoms with Crippen molar-refractivity contribution in [3.63, 3.8) is 0 Å². The molecule has 0 saturated carbocycles. The highest BCUT2D eigenvalue weighted by molar-refractivity contribution is 7.16. The SMILES string of the molecule is CCNC(Cc1ccc(C)cc1)Cc1ccc(Cl)s1. The number of halogens is 1. The van der Waals surface area contributed by atoms with Gasteiger partial charge in [-0.1, -0.05) is 48.4 Å². The summed E-state index contributed by atoms with van der Waals surface area (Å²) in [5, 5.41) is 3.57. The van der Waals surface area contributed by atoms with Crippen LogP contribution in [0.5, 0.6) is 0 Å². The molecular weight excluding hydrogens is 274 g/mol. The van der Waals surface area contributed by atoms with Crippen molar-refractivity contribution in [3.05, 3.63) is 56.7 Å². The lowest BCUT2D eigenvalue weighted by molar-refractivity contribution is 0.524. The summed E-state index contributed by atoms with van der Waals surface area (Å²) >= 11 is 7.68. The summed E-state index contributed by atoms with van der Waals surface area (Å²) in [7, 11) is 0. The van der Waals surface area contributed by atoms with E-state index < -0.39 is 0 Å². The number of aryl methyl sites for hydroxylation is 1. The lowest BCUT2D eigenvalue weighted by Gasteiger charge is -2.17. The maximum absolute atomic E-state index is 6.00. The first-order valence-electron chi connectivity index (χ1n) is 6.70. The molecule has 0 aliphatic rings. The van der Waals surface area contributed by atoms with E-state index in [1.165, 1.54) is 16.0 Å². The van der Waals surface area contributed by atoms with Gasteiger partial charge in [0, 0.05) is 10.9 Å². The quantitative estimate of drug-likeness (QED) is 0.828. The van der Waals surface area contributed by atoms with Gasteiger partial charge in [-0.2, -0.15) is 0 Å². The average Bonchev–Trinajstić information content (AvgIpc) is 2.78. The third-order valence-corrected chi connectivity index (χ3v) is 4.43. The monoisotopic (exact) mass is 293 g/mol. The Morgan fingerprint density at radius 1 is 1.11 bits per heavy atom. The van der Waals surface area contributed by atoms with Crippen molar-refractivity contribution in [1.29, 1.82) is 0 Å². The molecule has 1 nitrogen and oxygen atoms in total. The van der Waals surface area contributed by atoms with Gasteiger partial charge in [0.05, 0.1) is 4.34 Å². The summed E-state index contributed by atoms with van der Waals surface area (Å²) in [6.45, 7) is 5.28. The number of rotatable bonds is 6. The van der Waals surface area contributed by atoms with E-state index in [4.69, 9.17) is 11.6 Å². The predicted octanol–water partition coefficient (Wildman–Crippen LogP) is 4.47. The fraction of sp³-hybridized carbons (Fsp3) is 0.375. The smallest absolute Gasteiger partial charge is 0.0931 e. The maximum Gasteiger partial charge on any atom is 0.0931 e. The van der Waals surface area contributed by atoms with Crippen LogP contribution < -0.4 is 5.32 Å². The number of hydrogen-bond acceptors (Lipinski definition) is 2. The van der Waals surface area contributed by atoms with Gasteiger partial charge in [-0.15, -0.1) is 11.3 Å². The molecule has 1 unspecified atom stereocenters. The normalized spacial score (nSPS) is 12.6. The zero-order valence-corrected chi connectivity index (χ0v) is 13.0. The number of nitrogens with one attached hydrogen (secondary N) is 1. The first-order chi connectivity index (χ1) is 9.17. The molecule has 1 aromatic carbocycles. The van der Waals surface area contributed by atoms with E-state index in [-0.39, 0.29) is 0 Å². The van der Waals surface area contributed by atoms with Crippen LogP contribution in [0, 0.1) is 6.92 Å². The van der Waals surface area contributed by atoms with Crippen molar-refractivity contribution in [2.75, 3.05) is 6.54 Å². The standard InChI is InChI=1S/C16H20ClNS/c1-3-18-14(11-15-8-9-16(17)19-15)10-13-6-4-12(2)5-7-13/h4-9,14,18H,3,10-11H2,1-2H3. The van der Waals surface area contributed by atoms with Crippen molar-refractivity contribution >= 4 is 22.9 Å².